The Morgan fingerprint density at radius 2 is 1.79 bits per heavy atom. The van der Waals surface area contributed by atoms with Crippen LogP contribution in [-0.2, 0) is 0 Å². The number of nitrogens with zero attached hydrogens (tertiary/aromatic N) is 1. The van der Waals surface area contributed by atoms with E-state index >= 15 is 0 Å². The van der Waals surface area contributed by atoms with Crippen molar-refractivity contribution in [2.45, 2.75) is 37.6 Å². The molecule has 2 aromatic rings. The normalized spacial score (nSPS) is 23.5. The van der Waals surface area contributed by atoms with Crippen LogP contribution in [0.25, 0.3) is 11.3 Å². The lowest BCUT2D eigenvalue weighted by Crippen LogP contribution is -2.25. The van der Waals surface area contributed by atoms with Crippen molar-refractivity contribution in [3.8, 4) is 11.3 Å². The third-order valence-electron chi connectivity index (χ3n) is 3.78. The van der Waals surface area contributed by atoms with Gasteiger partial charge in [0.05, 0.1) is 10.7 Å². The third-order valence-corrected chi connectivity index (χ3v) is 5.32. The minimum absolute atomic E-state index is 0.405. The first-order chi connectivity index (χ1) is 9.22. The van der Waals surface area contributed by atoms with Gasteiger partial charge in [-0.1, -0.05) is 28.1 Å². The summed E-state index contributed by atoms with van der Waals surface area (Å²) in [4.78, 5) is 4.82. The van der Waals surface area contributed by atoms with E-state index in [4.69, 9.17) is 10.7 Å². The molecule has 1 aliphatic rings. The summed E-state index contributed by atoms with van der Waals surface area (Å²) in [5.41, 5.74) is 8.26. The average molecular weight is 337 g/mol. The number of hydrogen-bond acceptors (Lipinski definition) is 3. The molecule has 19 heavy (non-hydrogen) atoms. The van der Waals surface area contributed by atoms with Gasteiger partial charge in [-0.05, 0) is 37.8 Å². The van der Waals surface area contributed by atoms with Crippen LogP contribution < -0.4 is 5.73 Å². The molecule has 0 spiro atoms. The molecule has 0 amide bonds. The van der Waals surface area contributed by atoms with Crippen LogP contribution in [0.1, 0.15) is 36.6 Å². The van der Waals surface area contributed by atoms with E-state index in [1.165, 1.54) is 23.4 Å². The molecule has 0 unspecified atom stereocenters. The van der Waals surface area contributed by atoms with Crippen LogP contribution in [0.4, 0.5) is 0 Å². The molecule has 2 N–H and O–H groups in total. The largest absolute Gasteiger partial charge is 0.328 e. The molecule has 1 aliphatic carbocycles. The molecule has 0 bridgehead atoms. The first-order valence-corrected chi connectivity index (χ1v) is 8.36. The summed E-state index contributed by atoms with van der Waals surface area (Å²) in [5, 5.41) is 3.46. The summed E-state index contributed by atoms with van der Waals surface area (Å²) in [6, 6.07) is 8.75. The maximum Gasteiger partial charge on any atom is 0.0963 e. The van der Waals surface area contributed by atoms with E-state index in [1.807, 2.05) is 0 Å². The summed E-state index contributed by atoms with van der Waals surface area (Å²) < 4.78 is 1.10. The molecule has 4 heteroatoms. The van der Waals surface area contributed by atoms with Gasteiger partial charge in [-0.25, -0.2) is 4.98 Å². The summed E-state index contributed by atoms with van der Waals surface area (Å²) in [6.07, 6.45) is 4.65. The average Bonchev–Trinajstić information content (AvgIpc) is 2.90. The van der Waals surface area contributed by atoms with Crippen molar-refractivity contribution in [2.75, 3.05) is 0 Å². The zero-order chi connectivity index (χ0) is 13.2. The molecule has 0 aliphatic heterocycles. The maximum atomic E-state index is 5.96. The lowest BCUT2D eigenvalue weighted by molar-refractivity contribution is 0.395. The van der Waals surface area contributed by atoms with E-state index < -0.39 is 0 Å². The number of thiazole rings is 1. The molecule has 100 valence electrons. The molecule has 1 aromatic heterocycles. The van der Waals surface area contributed by atoms with Crippen molar-refractivity contribution in [1.29, 1.82) is 0 Å². The van der Waals surface area contributed by atoms with Crippen molar-refractivity contribution in [2.24, 2.45) is 5.73 Å². The zero-order valence-corrected chi connectivity index (χ0v) is 13.1. The van der Waals surface area contributed by atoms with E-state index in [0.29, 0.717) is 12.0 Å². The molecule has 1 heterocycles. The maximum absolute atomic E-state index is 5.96. The minimum atomic E-state index is 0.405. The number of rotatable bonds is 2. The fourth-order valence-corrected chi connectivity index (χ4v) is 3.86. The lowest BCUT2D eigenvalue weighted by Gasteiger charge is -2.24. The lowest BCUT2D eigenvalue weighted by atomic mass is 9.87. The first kappa shape index (κ1) is 13.3. The topological polar surface area (TPSA) is 38.9 Å². The van der Waals surface area contributed by atoms with E-state index in [-0.39, 0.29) is 0 Å². The Labute approximate surface area is 126 Å². The summed E-state index contributed by atoms with van der Waals surface area (Å²) in [7, 11) is 0. The summed E-state index contributed by atoms with van der Waals surface area (Å²) in [5.74, 6) is 0.619. The Bertz CT molecular complexity index is 542. The van der Waals surface area contributed by atoms with Gasteiger partial charge in [0.1, 0.15) is 0 Å². The Morgan fingerprint density at radius 1 is 1.11 bits per heavy atom. The highest BCUT2D eigenvalue weighted by Crippen LogP contribution is 2.35. The van der Waals surface area contributed by atoms with Crippen LogP contribution in [0.3, 0.4) is 0 Å². The van der Waals surface area contributed by atoms with Gasteiger partial charge in [-0.15, -0.1) is 11.3 Å². The van der Waals surface area contributed by atoms with Crippen LogP contribution in [0.2, 0.25) is 0 Å². The van der Waals surface area contributed by atoms with Crippen LogP contribution >= 0.6 is 27.3 Å². The van der Waals surface area contributed by atoms with E-state index in [9.17, 15) is 0 Å². The monoisotopic (exact) mass is 336 g/mol. The minimum Gasteiger partial charge on any atom is -0.328 e. The molecule has 1 fully saturated rings. The Balaban J connectivity index is 1.77. The highest BCUT2D eigenvalue weighted by Gasteiger charge is 2.22. The second-order valence-corrected chi connectivity index (χ2v) is 6.99. The SMILES string of the molecule is NC1CCC(c2nc(-c3ccc(Br)cc3)cs2)CC1. The van der Waals surface area contributed by atoms with Gasteiger partial charge in [0, 0.05) is 27.4 Å². The number of hydrogen-bond donors (Lipinski definition) is 1. The van der Waals surface area contributed by atoms with E-state index in [2.05, 4.69) is 45.6 Å². The van der Waals surface area contributed by atoms with Gasteiger partial charge >= 0.3 is 0 Å². The van der Waals surface area contributed by atoms with E-state index in [1.54, 1.807) is 11.3 Å². The van der Waals surface area contributed by atoms with Gasteiger partial charge in [0.2, 0.25) is 0 Å². The number of nitrogens with two attached hydrogens (primary N) is 1. The van der Waals surface area contributed by atoms with Crippen molar-refractivity contribution < 1.29 is 0 Å². The fourth-order valence-electron chi connectivity index (χ4n) is 2.59. The Morgan fingerprint density at radius 3 is 2.47 bits per heavy atom. The predicted molar refractivity (Wildman–Crippen MR) is 84.4 cm³/mol. The Kier molecular flexibility index (Phi) is 4.01. The second kappa shape index (κ2) is 5.73. The summed E-state index contributed by atoms with van der Waals surface area (Å²) >= 11 is 5.25. The van der Waals surface area contributed by atoms with Crippen LogP contribution in [-0.4, -0.2) is 11.0 Å². The molecule has 1 aromatic carbocycles. The van der Waals surface area contributed by atoms with Gasteiger partial charge in [-0.3, -0.25) is 0 Å². The molecule has 2 nitrogen and oxygen atoms in total. The number of halogens is 1. The molecule has 0 radical (unpaired) electrons. The molecular formula is C15H17BrN2S. The quantitative estimate of drug-likeness (QED) is 0.873. The van der Waals surface area contributed by atoms with Crippen LogP contribution in [0.5, 0.6) is 0 Å². The van der Waals surface area contributed by atoms with Crippen LogP contribution in [0, 0.1) is 0 Å². The van der Waals surface area contributed by atoms with Crippen molar-refractivity contribution in [3.05, 3.63) is 39.1 Å². The van der Waals surface area contributed by atoms with Crippen molar-refractivity contribution in [1.82, 2.24) is 4.98 Å². The first-order valence-electron chi connectivity index (χ1n) is 6.69. The highest BCUT2D eigenvalue weighted by atomic mass is 79.9. The number of benzene rings is 1. The molecular weight excluding hydrogens is 320 g/mol. The predicted octanol–water partition coefficient (Wildman–Crippen LogP) is 4.56. The second-order valence-electron chi connectivity index (χ2n) is 5.19. The molecule has 1 saturated carbocycles. The molecule has 0 saturated heterocycles. The smallest absolute Gasteiger partial charge is 0.0963 e. The molecule has 3 rings (SSSR count). The third kappa shape index (κ3) is 3.07. The van der Waals surface area contributed by atoms with Gasteiger partial charge in [0.25, 0.3) is 0 Å². The van der Waals surface area contributed by atoms with Gasteiger partial charge in [0.15, 0.2) is 0 Å². The van der Waals surface area contributed by atoms with Gasteiger partial charge < -0.3 is 5.73 Å². The van der Waals surface area contributed by atoms with Gasteiger partial charge in [-0.2, -0.15) is 0 Å². The highest BCUT2D eigenvalue weighted by molar-refractivity contribution is 9.10. The van der Waals surface area contributed by atoms with Crippen molar-refractivity contribution in [3.63, 3.8) is 0 Å². The summed E-state index contributed by atoms with van der Waals surface area (Å²) in [6.45, 7) is 0. The standard InChI is InChI=1S/C15H17BrN2S/c16-12-5-1-10(2-6-12)14-9-19-15(18-14)11-3-7-13(17)8-4-11/h1-2,5-6,9,11,13H,3-4,7-8,17H2. The van der Waals surface area contributed by atoms with Crippen molar-refractivity contribution >= 4 is 27.3 Å². The molecule has 0 atom stereocenters. The Hall–Kier alpha value is -0.710. The number of aromatic nitrogens is 1. The van der Waals surface area contributed by atoms with Crippen LogP contribution in [0.15, 0.2) is 34.1 Å². The zero-order valence-electron chi connectivity index (χ0n) is 10.7. The fraction of sp³-hybridized carbons (Fsp3) is 0.400. The van der Waals surface area contributed by atoms with E-state index in [0.717, 1.165) is 23.0 Å².